The van der Waals surface area contributed by atoms with E-state index < -0.39 is 0 Å². The van der Waals surface area contributed by atoms with Crippen LogP contribution in [-0.2, 0) is 11.3 Å². The normalized spacial score (nSPS) is 15.5. The van der Waals surface area contributed by atoms with Gasteiger partial charge in [-0.2, -0.15) is 0 Å². The molecule has 0 unspecified atom stereocenters. The van der Waals surface area contributed by atoms with E-state index in [0.717, 1.165) is 24.0 Å². The Morgan fingerprint density at radius 1 is 1.17 bits per heavy atom. The quantitative estimate of drug-likeness (QED) is 0.391. The lowest BCUT2D eigenvalue weighted by Gasteiger charge is -2.27. The molecule has 0 radical (unpaired) electrons. The number of ether oxygens (including phenoxy) is 2. The minimum atomic E-state index is -0.345. The molecule has 0 bridgehead atoms. The summed E-state index contributed by atoms with van der Waals surface area (Å²) < 4.78 is 25.7. The van der Waals surface area contributed by atoms with Crippen molar-refractivity contribution in [2.45, 2.75) is 25.4 Å². The minimum absolute atomic E-state index is 0.122. The lowest BCUT2D eigenvalue weighted by atomic mass is 10.0. The molecule has 1 fully saturated rings. The Balaban J connectivity index is 1.46. The summed E-state index contributed by atoms with van der Waals surface area (Å²) in [6.07, 6.45) is 3.06. The van der Waals surface area contributed by atoms with Crippen molar-refractivity contribution >= 4 is 27.5 Å². The van der Waals surface area contributed by atoms with Crippen LogP contribution >= 0.6 is 11.3 Å². The number of methoxy groups -OCH3 is 2. The lowest BCUT2D eigenvalue weighted by molar-refractivity contribution is -0.132. The number of carbonyl (C=O) groups excluding carboxylic acids is 1. The molecule has 5 rings (SSSR count). The van der Waals surface area contributed by atoms with Crippen LogP contribution in [0.3, 0.4) is 0 Å². The SMILES string of the molecule is COc1ccc(OC)c([C@@H]2CCCN2C(=O)Cn2cnc3scc(-c4ccc(F)cc4)c3c2=O)c1. The van der Waals surface area contributed by atoms with E-state index in [-0.39, 0.29) is 29.9 Å². The van der Waals surface area contributed by atoms with Gasteiger partial charge in [0.2, 0.25) is 5.91 Å². The van der Waals surface area contributed by atoms with E-state index in [1.54, 1.807) is 31.3 Å². The summed E-state index contributed by atoms with van der Waals surface area (Å²) in [5.74, 6) is 0.871. The van der Waals surface area contributed by atoms with Crippen molar-refractivity contribution in [2.24, 2.45) is 0 Å². The van der Waals surface area contributed by atoms with Gasteiger partial charge in [-0.15, -0.1) is 11.3 Å². The summed E-state index contributed by atoms with van der Waals surface area (Å²) in [5, 5.41) is 2.27. The number of amides is 1. The first-order valence-corrected chi connectivity index (χ1v) is 12.1. The minimum Gasteiger partial charge on any atom is -0.497 e. The monoisotopic (exact) mass is 493 g/mol. The van der Waals surface area contributed by atoms with Gasteiger partial charge in [-0.25, -0.2) is 9.37 Å². The van der Waals surface area contributed by atoms with Crippen molar-refractivity contribution in [1.29, 1.82) is 0 Å². The average Bonchev–Trinajstić information content (AvgIpc) is 3.54. The van der Waals surface area contributed by atoms with Crippen LogP contribution < -0.4 is 15.0 Å². The van der Waals surface area contributed by atoms with Gasteiger partial charge in [0.1, 0.15) is 28.7 Å². The van der Waals surface area contributed by atoms with Crippen molar-refractivity contribution in [1.82, 2.24) is 14.5 Å². The highest BCUT2D eigenvalue weighted by Gasteiger charge is 2.32. The van der Waals surface area contributed by atoms with E-state index >= 15 is 0 Å². The predicted molar refractivity (Wildman–Crippen MR) is 133 cm³/mol. The van der Waals surface area contributed by atoms with E-state index in [9.17, 15) is 14.0 Å². The highest BCUT2D eigenvalue weighted by Crippen LogP contribution is 2.39. The Bertz CT molecular complexity index is 1450. The van der Waals surface area contributed by atoms with Gasteiger partial charge in [-0.3, -0.25) is 14.2 Å². The number of hydrogen-bond donors (Lipinski definition) is 0. The van der Waals surface area contributed by atoms with E-state index in [2.05, 4.69) is 4.98 Å². The van der Waals surface area contributed by atoms with Gasteiger partial charge in [-0.1, -0.05) is 12.1 Å². The first kappa shape index (κ1) is 23.0. The zero-order chi connectivity index (χ0) is 24.5. The third kappa shape index (κ3) is 4.27. The summed E-state index contributed by atoms with van der Waals surface area (Å²) >= 11 is 1.35. The number of rotatable bonds is 6. The summed E-state index contributed by atoms with van der Waals surface area (Å²) in [5.41, 5.74) is 2.00. The number of carbonyl (C=O) groups is 1. The number of likely N-dealkylation sites (tertiary alicyclic amines) is 1. The highest BCUT2D eigenvalue weighted by molar-refractivity contribution is 7.17. The van der Waals surface area contributed by atoms with Crippen LogP contribution in [-0.4, -0.2) is 41.1 Å². The number of aromatic nitrogens is 2. The molecule has 0 spiro atoms. The Kier molecular flexibility index (Phi) is 6.25. The molecule has 4 aromatic rings. The van der Waals surface area contributed by atoms with Gasteiger partial charge in [0.25, 0.3) is 5.56 Å². The maximum absolute atomic E-state index is 13.4. The van der Waals surface area contributed by atoms with Crippen LogP contribution in [0.1, 0.15) is 24.4 Å². The number of fused-ring (bicyclic) bond motifs is 1. The van der Waals surface area contributed by atoms with E-state index in [0.29, 0.717) is 33.8 Å². The molecule has 1 atom stereocenters. The molecular weight excluding hydrogens is 469 g/mol. The molecule has 35 heavy (non-hydrogen) atoms. The standard InChI is InChI=1S/C26H24FN3O4S/c1-33-18-9-10-22(34-2)19(12-18)21-4-3-11-30(21)23(31)13-29-15-28-25-24(26(29)32)20(14-35-25)16-5-7-17(27)8-6-16/h5-10,12,14-15,21H,3-4,11,13H2,1-2H3/t21-/m0/s1. The molecule has 2 aromatic heterocycles. The van der Waals surface area contributed by atoms with Gasteiger partial charge in [0, 0.05) is 23.1 Å². The maximum Gasteiger partial charge on any atom is 0.263 e. The largest absolute Gasteiger partial charge is 0.497 e. The van der Waals surface area contributed by atoms with E-state index in [4.69, 9.17) is 9.47 Å². The lowest BCUT2D eigenvalue weighted by Crippen LogP contribution is -2.36. The Morgan fingerprint density at radius 2 is 1.97 bits per heavy atom. The van der Waals surface area contributed by atoms with Crippen LogP contribution in [0.2, 0.25) is 0 Å². The number of benzene rings is 2. The fourth-order valence-corrected chi connectivity index (χ4v) is 5.55. The molecular formula is C26H24FN3O4S. The predicted octanol–water partition coefficient (Wildman–Crippen LogP) is 4.65. The molecule has 1 aliphatic rings. The Morgan fingerprint density at radius 3 is 2.71 bits per heavy atom. The molecule has 180 valence electrons. The summed E-state index contributed by atoms with van der Waals surface area (Å²) in [7, 11) is 3.20. The fourth-order valence-electron chi connectivity index (χ4n) is 4.65. The molecule has 2 aromatic carbocycles. The van der Waals surface area contributed by atoms with Crippen molar-refractivity contribution < 1.29 is 18.7 Å². The fraction of sp³-hybridized carbons (Fsp3) is 0.269. The molecule has 1 amide bonds. The van der Waals surface area contributed by atoms with E-state index in [1.165, 1.54) is 34.4 Å². The summed E-state index contributed by atoms with van der Waals surface area (Å²) in [4.78, 5) is 33.6. The molecule has 0 N–H and O–H groups in total. The van der Waals surface area contributed by atoms with Gasteiger partial charge in [-0.05, 0) is 48.7 Å². The van der Waals surface area contributed by atoms with Gasteiger partial charge >= 0.3 is 0 Å². The second-order valence-electron chi connectivity index (χ2n) is 8.37. The highest BCUT2D eigenvalue weighted by atomic mass is 32.1. The molecule has 3 heterocycles. The zero-order valence-corrected chi connectivity index (χ0v) is 20.2. The first-order valence-electron chi connectivity index (χ1n) is 11.2. The molecule has 0 aliphatic carbocycles. The average molecular weight is 494 g/mol. The van der Waals surface area contributed by atoms with E-state index in [1.807, 2.05) is 23.6 Å². The smallest absolute Gasteiger partial charge is 0.263 e. The van der Waals surface area contributed by atoms with Crippen molar-refractivity contribution in [3.63, 3.8) is 0 Å². The van der Waals surface area contributed by atoms with Crippen molar-refractivity contribution in [3.8, 4) is 22.6 Å². The number of halogens is 1. The Hall–Kier alpha value is -3.72. The number of nitrogens with zero attached hydrogens (tertiary/aromatic N) is 3. The van der Waals surface area contributed by atoms with Crippen LogP contribution in [0.5, 0.6) is 11.5 Å². The second-order valence-corrected chi connectivity index (χ2v) is 9.23. The molecule has 1 saturated heterocycles. The Labute approximate surface area is 205 Å². The first-order chi connectivity index (χ1) is 17.0. The number of hydrogen-bond acceptors (Lipinski definition) is 6. The third-order valence-electron chi connectivity index (χ3n) is 6.39. The summed E-state index contributed by atoms with van der Waals surface area (Å²) in [6, 6.07) is 11.4. The summed E-state index contributed by atoms with van der Waals surface area (Å²) in [6.45, 7) is 0.469. The molecule has 1 aliphatic heterocycles. The van der Waals surface area contributed by atoms with Crippen LogP contribution in [0.15, 0.2) is 59.0 Å². The van der Waals surface area contributed by atoms with Gasteiger partial charge in [0.15, 0.2) is 0 Å². The van der Waals surface area contributed by atoms with Gasteiger partial charge in [0.05, 0.1) is 32.0 Å². The zero-order valence-electron chi connectivity index (χ0n) is 19.4. The van der Waals surface area contributed by atoms with Crippen molar-refractivity contribution in [3.05, 3.63) is 75.9 Å². The van der Waals surface area contributed by atoms with Crippen molar-refractivity contribution in [2.75, 3.05) is 20.8 Å². The number of thiophene rings is 1. The molecule has 0 saturated carbocycles. The second kappa shape index (κ2) is 9.50. The third-order valence-corrected chi connectivity index (χ3v) is 7.28. The molecule has 7 nitrogen and oxygen atoms in total. The van der Waals surface area contributed by atoms with Crippen LogP contribution in [0.4, 0.5) is 4.39 Å². The van der Waals surface area contributed by atoms with Crippen LogP contribution in [0, 0.1) is 5.82 Å². The topological polar surface area (TPSA) is 73.7 Å². The van der Waals surface area contributed by atoms with Crippen LogP contribution in [0.25, 0.3) is 21.3 Å². The maximum atomic E-state index is 13.4. The van der Waals surface area contributed by atoms with Gasteiger partial charge < -0.3 is 14.4 Å². The molecule has 9 heteroatoms.